The Morgan fingerprint density at radius 2 is 1.95 bits per heavy atom. The summed E-state index contributed by atoms with van der Waals surface area (Å²) >= 11 is 0. The number of fused-ring (bicyclic) bond motifs is 1. The number of hydrogen-bond acceptors (Lipinski definition) is 2. The first-order chi connectivity index (χ1) is 9.86. The van der Waals surface area contributed by atoms with Crippen molar-refractivity contribution in [1.29, 1.82) is 0 Å². The third-order valence-electron chi connectivity index (χ3n) is 4.98. The number of hydrogen-bond donors (Lipinski definition) is 1. The van der Waals surface area contributed by atoms with Gasteiger partial charge in [0.1, 0.15) is 0 Å². The molecule has 2 heteroatoms. The Balaban J connectivity index is 1.57. The Morgan fingerprint density at radius 1 is 1.10 bits per heavy atom. The van der Waals surface area contributed by atoms with Crippen molar-refractivity contribution in [3.63, 3.8) is 0 Å². The zero-order valence-corrected chi connectivity index (χ0v) is 12.8. The number of benzene rings is 1. The monoisotopic (exact) mass is 272 g/mol. The lowest BCUT2D eigenvalue weighted by molar-refractivity contribution is 0.193. The summed E-state index contributed by atoms with van der Waals surface area (Å²) in [5.74, 6) is 0. The second-order valence-corrected chi connectivity index (χ2v) is 6.44. The van der Waals surface area contributed by atoms with Gasteiger partial charge in [0.05, 0.1) is 0 Å². The minimum Gasteiger partial charge on any atom is -0.381 e. The van der Waals surface area contributed by atoms with Gasteiger partial charge in [-0.3, -0.25) is 4.90 Å². The molecule has 1 N–H and O–H groups in total. The molecule has 2 heterocycles. The van der Waals surface area contributed by atoms with E-state index in [4.69, 9.17) is 0 Å². The van der Waals surface area contributed by atoms with Crippen molar-refractivity contribution in [2.24, 2.45) is 0 Å². The molecule has 2 aliphatic heterocycles. The summed E-state index contributed by atoms with van der Waals surface area (Å²) < 4.78 is 0. The van der Waals surface area contributed by atoms with Gasteiger partial charge in [-0.2, -0.15) is 0 Å². The first-order valence-electron chi connectivity index (χ1n) is 8.46. The molecule has 2 fully saturated rings. The van der Waals surface area contributed by atoms with E-state index in [9.17, 15) is 0 Å². The number of nitrogens with one attached hydrogen (secondary N) is 1. The molecule has 2 saturated heterocycles. The predicted octanol–water partition coefficient (Wildman–Crippen LogP) is 4.07. The van der Waals surface area contributed by atoms with E-state index >= 15 is 0 Å². The SMILES string of the molecule is CCCCc1ccc(NC2CCN3CCCCC23)cc1. The van der Waals surface area contributed by atoms with Crippen LogP contribution in [0.3, 0.4) is 0 Å². The Labute approximate surface area is 123 Å². The summed E-state index contributed by atoms with van der Waals surface area (Å²) in [6, 6.07) is 10.6. The van der Waals surface area contributed by atoms with E-state index in [0.717, 1.165) is 6.04 Å². The van der Waals surface area contributed by atoms with Crippen molar-refractivity contribution in [2.45, 2.75) is 64.0 Å². The van der Waals surface area contributed by atoms with Crippen LogP contribution in [-0.4, -0.2) is 30.1 Å². The molecule has 110 valence electrons. The van der Waals surface area contributed by atoms with E-state index in [1.807, 2.05) is 0 Å². The molecule has 3 rings (SSSR count). The van der Waals surface area contributed by atoms with Crippen LogP contribution in [0.1, 0.15) is 51.0 Å². The van der Waals surface area contributed by atoms with Crippen molar-refractivity contribution in [3.8, 4) is 0 Å². The van der Waals surface area contributed by atoms with E-state index in [1.165, 1.54) is 69.3 Å². The maximum absolute atomic E-state index is 3.78. The fraction of sp³-hybridized carbons (Fsp3) is 0.667. The third kappa shape index (κ3) is 3.17. The van der Waals surface area contributed by atoms with E-state index in [2.05, 4.69) is 41.4 Å². The van der Waals surface area contributed by atoms with Crippen LogP contribution in [-0.2, 0) is 6.42 Å². The van der Waals surface area contributed by atoms with E-state index in [1.54, 1.807) is 0 Å². The van der Waals surface area contributed by atoms with Gasteiger partial charge in [0.15, 0.2) is 0 Å². The van der Waals surface area contributed by atoms with Crippen LogP contribution in [0.4, 0.5) is 5.69 Å². The van der Waals surface area contributed by atoms with Crippen molar-refractivity contribution in [1.82, 2.24) is 4.90 Å². The van der Waals surface area contributed by atoms with Crippen molar-refractivity contribution in [3.05, 3.63) is 29.8 Å². The van der Waals surface area contributed by atoms with Gasteiger partial charge >= 0.3 is 0 Å². The standard InChI is InChI=1S/C18H28N2/c1-2-3-6-15-8-10-16(11-9-15)19-17-12-14-20-13-5-4-7-18(17)20/h8-11,17-19H,2-7,12-14H2,1H3. The van der Waals surface area contributed by atoms with Crippen LogP contribution < -0.4 is 5.32 Å². The maximum atomic E-state index is 3.78. The van der Waals surface area contributed by atoms with Crippen molar-refractivity contribution < 1.29 is 0 Å². The Hall–Kier alpha value is -1.02. The zero-order chi connectivity index (χ0) is 13.8. The van der Waals surface area contributed by atoms with E-state index in [-0.39, 0.29) is 0 Å². The van der Waals surface area contributed by atoms with Crippen LogP contribution >= 0.6 is 0 Å². The lowest BCUT2D eigenvalue weighted by atomic mass is 9.98. The van der Waals surface area contributed by atoms with Gasteiger partial charge < -0.3 is 5.32 Å². The Kier molecular flexibility index (Phi) is 4.62. The molecule has 0 aliphatic carbocycles. The number of unbranched alkanes of at least 4 members (excludes halogenated alkanes) is 1. The van der Waals surface area contributed by atoms with Crippen LogP contribution in [0.15, 0.2) is 24.3 Å². The number of nitrogens with zero attached hydrogens (tertiary/aromatic N) is 1. The molecule has 20 heavy (non-hydrogen) atoms. The molecule has 2 aliphatic rings. The molecule has 1 aromatic carbocycles. The summed E-state index contributed by atoms with van der Waals surface area (Å²) in [6.45, 7) is 4.86. The Morgan fingerprint density at radius 3 is 2.75 bits per heavy atom. The molecular formula is C18H28N2. The zero-order valence-electron chi connectivity index (χ0n) is 12.8. The molecule has 2 unspecified atom stereocenters. The number of rotatable bonds is 5. The lowest BCUT2D eigenvalue weighted by Gasteiger charge is -2.33. The largest absolute Gasteiger partial charge is 0.381 e. The van der Waals surface area contributed by atoms with Crippen LogP contribution in [0.5, 0.6) is 0 Å². The maximum Gasteiger partial charge on any atom is 0.0428 e. The molecule has 1 aromatic rings. The summed E-state index contributed by atoms with van der Waals surface area (Å²) in [4.78, 5) is 2.69. The number of aryl methyl sites for hydroxylation is 1. The molecule has 0 radical (unpaired) electrons. The van der Waals surface area contributed by atoms with E-state index < -0.39 is 0 Å². The molecular weight excluding hydrogens is 244 g/mol. The summed E-state index contributed by atoms with van der Waals surface area (Å²) in [6.07, 6.45) is 9.29. The summed E-state index contributed by atoms with van der Waals surface area (Å²) in [5, 5.41) is 3.78. The Bertz CT molecular complexity index is 412. The average Bonchev–Trinajstić information content (AvgIpc) is 2.90. The second-order valence-electron chi connectivity index (χ2n) is 6.44. The molecule has 0 bridgehead atoms. The van der Waals surface area contributed by atoms with Gasteiger partial charge in [0.2, 0.25) is 0 Å². The first-order valence-corrected chi connectivity index (χ1v) is 8.46. The third-order valence-corrected chi connectivity index (χ3v) is 4.98. The minimum absolute atomic E-state index is 0.664. The van der Waals surface area contributed by atoms with Crippen LogP contribution in [0.25, 0.3) is 0 Å². The van der Waals surface area contributed by atoms with Crippen molar-refractivity contribution in [2.75, 3.05) is 18.4 Å². The molecule has 0 aromatic heterocycles. The average molecular weight is 272 g/mol. The second kappa shape index (κ2) is 6.62. The molecule has 0 amide bonds. The van der Waals surface area contributed by atoms with Gasteiger partial charge in [-0.1, -0.05) is 31.9 Å². The van der Waals surface area contributed by atoms with Crippen molar-refractivity contribution >= 4 is 5.69 Å². The minimum atomic E-state index is 0.664. The normalized spacial score (nSPS) is 26.4. The highest BCUT2D eigenvalue weighted by Gasteiger charge is 2.35. The highest BCUT2D eigenvalue weighted by Crippen LogP contribution is 2.29. The van der Waals surface area contributed by atoms with Gasteiger partial charge in [-0.25, -0.2) is 0 Å². The molecule has 2 nitrogen and oxygen atoms in total. The van der Waals surface area contributed by atoms with E-state index in [0.29, 0.717) is 6.04 Å². The quantitative estimate of drug-likeness (QED) is 0.869. The first kappa shape index (κ1) is 13.9. The highest BCUT2D eigenvalue weighted by molar-refractivity contribution is 5.46. The molecule has 0 spiro atoms. The van der Waals surface area contributed by atoms with Gasteiger partial charge in [-0.05, 0) is 56.3 Å². The van der Waals surface area contributed by atoms with Gasteiger partial charge in [-0.15, -0.1) is 0 Å². The lowest BCUT2D eigenvalue weighted by Crippen LogP contribution is -2.41. The predicted molar refractivity (Wildman–Crippen MR) is 86.3 cm³/mol. The van der Waals surface area contributed by atoms with Crippen LogP contribution in [0.2, 0.25) is 0 Å². The fourth-order valence-electron chi connectivity index (χ4n) is 3.78. The van der Waals surface area contributed by atoms with Gasteiger partial charge in [0.25, 0.3) is 0 Å². The topological polar surface area (TPSA) is 15.3 Å². The number of piperidine rings is 1. The molecule has 2 atom stereocenters. The number of anilines is 1. The molecule has 0 saturated carbocycles. The summed E-state index contributed by atoms with van der Waals surface area (Å²) in [5.41, 5.74) is 2.78. The fourth-order valence-corrected chi connectivity index (χ4v) is 3.78. The highest BCUT2D eigenvalue weighted by atomic mass is 15.2. The summed E-state index contributed by atoms with van der Waals surface area (Å²) in [7, 11) is 0. The van der Waals surface area contributed by atoms with Gasteiger partial charge in [0, 0.05) is 24.3 Å². The van der Waals surface area contributed by atoms with Crippen LogP contribution in [0, 0.1) is 0 Å². The smallest absolute Gasteiger partial charge is 0.0428 e.